The van der Waals surface area contributed by atoms with Gasteiger partial charge in [-0.15, -0.1) is 11.8 Å². The average Bonchev–Trinajstić information content (AvgIpc) is 3.31. The van der Waals surface area contributed by atoms with Crippen molar-refractivity contribution in [1.29, 1.82) is 0 Å². The van der Waals surface area contributed by atoms with E-state index in [0.29, 0.717) is 24.2 Å². The molecule has 0 spiro atoms. The Balaban J connectivity index is 0.824. The van der Waals surface area contributed by atoms with Gasteiger partial charge in [0, 0.05) is 117 Å². The minimum absolute atomic E-state index is 0.0512. The predicted octanol–water partition coefficient (Wildman–Crippen LogP) is 9.06. The molecule has 342 valence electrons. The number of ether oxygens (including phenoxy) is 1. The van der Waals surface area contributed by atoms with Gasteiger partial charge in [-0.3, -0.25) is 14.6 Å². The number of amides is 1. The van der Waals surface area contributed by atoms with Crippen LogP contribution in [0, 0.1) is 12.3 Å². The molecule has 0 radical (unpaired) electrons. The van der Waals surface area contributed by atoms with Gasteiger partial charge in [0.25, 0.3) is 5.91 Å². The summed E-state index contributed by atoms with van der Waals surface area (Å²) in [6, 6.07) is 34.4. The molecular weight excluding hydrogens is 834 g/mol. The Morgan fingerprint density at radius 1 is 0.906 bits per heavy atom. The molecule has 11 heteroatoms. The Labute approximate surface area is 392 Å². The van der Waals surface area contributed by atoms with Crippen molar-refractivity contribution in [2.45, 2.75) is 75.9 Å². The maximum absolute atomic E-state index is 13.4. The van der Waals surface area contributed by atoms with E-state index < -0.39 is 0 Å². The van der Waals surface area contributed by atoms with Crippen molar-refractivity contribution >= 4 is 46.2 Å². The molecule has 9 nitrogen and oxygen atoms in total. The van der Waals surface area contributed by atoms with Crippen molar-refractivity contribution in [3.05, 3.63) is 130 Å². The van der Waals surface area contributed by atoms with Crippen molar-refractivity contribution in [2.24, 2.45) is 11.1 Å². The van der Waals surface area contributed by atoms with E-state index in [4.69, 9.17) is 22.1 Å². The van der Waals surface area contributed by atoms with Crippen LogP contribution in [0.2, 0.25) is 5.02 Å². The first kappa shape index (κ1) is 46.7. The summed E-state index contributed by atoms with van der Waals surface area (Å²) in [5.74, 6) is 0.936. The molecule has 4 aromatic rings. The van der Waals surface area contributed by atoms with E-state index in [9.17, 15) is 4.79 Å². The Kier molecular flexibility index (Phi) is 16.4. The van der Waals surface area contributed by atoms with E-state index >= 15 is 0 Å². The normalized spacial score (nSPS) is 22.1. The summed E-state index contributed by atoms with van der Waals surface area (Å²) in [4.78, 5) is 24.9. The lowest BCUT2D eigenvalue weighted by Crippen LogP contribution is -2.49. The molecule has 1 amide bonds. The van der Waals surface area contributed by atoms with Crippen LogP contribution in [-0.2, 0) is 11.3 Å². The second kappa shape index (κ2) is 22.6. The number of likely N-dealkylation sites (tertiary alicyclic amines) is 1. The summed E-state index contributed by atoms with van der Waals surface area (Å²) in [5, 5.41) is 7.83. The van der Waals surface area contributed by atoms with Gasteiger partial charge >= 0.3 is 0 Å². The number of carbonyl (C=O) groups is 1. The van der Waals surface area contributed by atoms with E-state index in [1.165, 1.54) is 46.7 Å². The van der Waals surface area contributed by atoms with Crippen LogP contribution in [-0.4, -0.2) is 124 Å². The molecule has 3 fully saturated rings. The largest absolute Gasteiger partial charge is 0.381 e. The number of anilines is 2. The molecule has 0 saturated carbocycles. The second-order valence-corrected chi connectivity index (χ2v) is 20.6. The number of thioether (sulfide) groups is 1. The molecule has 8 rings (SSSR count). The van der Waals surface area contributed by atoms with Crippen molar-refractivity contribution < 1.29 is 9.53 Å². The number of rotatable bonds is 17. The van der Waals surface area contributed by atoms with E-state index in [-0.39, 0.29) is 11.3 Å². The van der Waals surface area contributed by atoms with Crippen molar-refractivity contribution in [2.75, 3.05) is 101 Å². The van der Waals surface area contributed by atoms with Gasteiger partial charge in [0.2, 0.25) is 0 Å². The number of morpholine rings is 1. The Hall–Kier alpha value is -3.87. The van der Waals surface area contributed by atoms with Crippen LogP contribution in [0.15, 0.2) is 108 Å². The number of aryl methyl sites for hydroxylation is 1. The summed E-state index contributed by atoms with van der Waals surface area (Å²) < 4.78 is 5.58. The number of carbonyl (C=O) groups excluding carboxylic acids is 1. The number of halogens is 1. The van der Waals surface area contributed by atoms with Crippen LogP contribution in [0.5, 0.6) is 0 Å². The summed E-state index contributed by atoms with van der Waals surface area (Å²) >= 11 is 8.23. The third kappa shape index (κ3) is 13.1. The Morgan fingerprint density at radius 3 is 2.41 bits per heavy atom. The highest BCUT2D eigenvalue weighted by atomic mass is 35.5. The highest BCUT2D eigenvalue weighted by Gasteiger charge is 2.35. The molecule has 3 atom stereocenters. The number of hydrogen-bond acceptors (Lipinski definition) is 9. The average molecular weight is 905 g/mol. The standard InChI is InChI=1S/C53H70ClN7O2S/c1-40-33-41(10-19-51(40)57-47(21-24-58-29-31-63-32-30-58)38-64-49-8-4-3-5-9-49)35-56-52(62)43-13-17-48(18-14-43)61-27-25-59(26-28-61)36-44-34-53(2,39-60-23-6-7-46(55)37-60)22-20-50(44)42-11-15-45(54)16-12-42/h3-5,8-19,33,46-47,57H,6-7,20-32,34-39,55H2,1-2H3,(H,56,62)/t46-,47+,53?/m0/s1. The lowest BCUT2D eigenvalue weighted by atomic mass is 9.71. The van der Waals surface area contributed by atoms with Gasteiger partial charge in [-0.05, 0) is 134 Å². The molecule has 3 saturated heterocycles. The van der Waals surface area contributed by atoms with Gasteiger partial charge < -0.3 is 30.9 Å². The number of allylic oxidation sites excluding steroid dienone is 1. The minimum Gasteiger partial charge on any atom is -0.381 e. The van der Waals surface area contributed by atoms with E-state index in [1.807, 2.05) is 36.0 Å². The second-order valence-electron chi connectivity index (χ2n) is 19.1. The highest BCUT2D eigenvalue weighted by molar-refractivity contribution is 7.99. The van der Waals surface area contributed by atoms with Crippen LogP contribution < -0.4 is 21.3 Å². The molecule has 3 heterocycles. The van der Waals surface area contributed by atoms with E-state index in [0.717, 1.165) is 126 Å². The number of hydrogen-bond donors (Lipinski definition) is 3. The zero-order chi connectivity index (χ0) is 44.3. The molecule has 0 aromatic heterocycles. The van der Waals surface area contributed by atoms with E-state index in [2.05, 4.69) is 117 Å². The van der Waals surface area contributed by atoms with Gasteiger partial charge in [-0.1, -0.05) is 66.6 Å². The van der Waals surface area contributed by atoms with Crippen molar-refractivity contribution in [1.82, 2.24) is 20.0 Å². The van der Waals surface area contributed by atoms with Gasteiger partial charge in [0.1, 0.15) is 0 Å². The van der Waals surface area contributed by atoms with Gasteiger partial charge in [-0.2, -0.15) is 0 Å². The zero-order valence-electron chi connectivity index (χ0n) is 38.2. The zero-order valence-corrected chi connectivity index (χ0v) is 39.8. The fraction of sp³-hybridized carbons (Fsp3) is 0.491. The first-order valence-corrected chi connectivity index (χ1v) is 25.2. The summed E-state index contributed by atoms with van der Waals surface area (Å²) in [6.07, 6.45) is 6.83. The predicted molar refractivity (Wildman–Crippen MR) is 268 cm³/mol. The van der Waals surface area contributed by atoms with Crippen LogP contribution in [0.25, 0.3) is 5.57 Å². The van der Waals surface area contributed by atoms with Gasteiger partial charge in [0.05, 0.1) is 13.2 Å². The maximum atomic E-state index is 13.4. The van der Waals surface area contributed by atoms with Crippen LogP contribution in [0.4, 0.5) is 11.4 Å². The van der Waals surface area contributed by atoms with Crippen molar-refractivity contribution in [3.8, 4) is 0 Å². The third-order valence-corrected chi connectivity index (χ3v) is 15.3. The van der Waals surface area contributed by atoms with Crippen LogP contribution in [0.3, 0.4) is 0 Å². The van der Waals surface area contributed by atoms with Crippen molar-refractivity contribution in [3.63, 3.8) is 0 Å². The van der Waals surface area contributed by atoms with E-state index in [1.54, 1.807) is 5.57 Å². The summed E-state index contributed by atoms with van der Waals surface area (Å²) in [7, 11) is 0. The maximum Gasteiger partial charge on any atom is 0.251 e. The quantitative estimate of drug-likeness (QED) is 0.0899. The van der Waals surface area contributed by atoms with Gasteiger partial charge in [-0.25, -0.2) is 0 Å². The summed E-state index contributed by atoms with van der Waals surface area (Å²) in [6.45, 7) is 18.1. The lowest BCUT2D eigenvalue weighted by Gasteiger charge is -2.44. The molecule has 4 N–H and O–H groups in total. The molecule has 4 aliphatic rings. The Morgan fingerprint density at radius 2 is 1.67 bits per heavy atom. The first-order chi connectivity index (χ1) is 31.1. The molecule has 4 aromatic carbocycles. The topological polar surface area (TPSA) is 89.3 Å². The number of piperidine rings is 1. The smallest absolute Gasteiger partial charge is 0.251 e. The minimum atomic E-state index is -0.0512. The molecule has 0 bridgehead atoms. The van der Waals surface area contributed by atoms with Crippen LogP contribution >= 0.6 is 23.4 Å². The molecule has 3 aliphatic heterocycles. The monoisotopic (exact) mass is 904 g/mol. The number of nitrogens with two attached hydrogens (primary N) is 1. The fourth-order valence-corrected chi connectivity index (χ4v) is 11.3. The van der Waals surface area contributed by atoms with Crippen LogP contribution in [0.1, 0.15) is 72.5 Å². The van der Waals surface area contributed by atoms with Gasteiger partial charge in [0.15, 0.2) is 0 Å². The third-order valence-electron chi connectivity index (χ3n) is 13.9. The number of nitrogens with one attached hydrogen (secondary N) is 2. The fourth-order valence-electron chi connectivity index (χ4n) is 10.2. The number of nitrogens with zero attached hydrogens (tertiary/aromatic N) is 4. The molecule has 1 aliphatic carbocycles. The Bertz CT molecular complexity index is 2140. The number of piperazine rings is 1. The lowest BCUT2D eigenvalue weighted by molar-refractivity contribution is 0.0370. The molecular formula is C53H70ClN7O2S. The molecule has 64 heavy (non-hydrogen) atoms. The summed E-state index contributed by atoms with van der Waals surface area (Å²) in [5.41, 5.74) is 16.3. The SMILES string of the molecule is Cc1cc(CNC(=O)c2ccc(N3CCN(CC4=C(c5ccc(Cl)cc5)CCC(C)(CN5CCC[C@H](N)C5)C4)CC3)cc2)ccc1N[C@H](CCN1CCOCC1)CSc1ccccc1. The number of benzene rings is 4. The first-order valence-electron chi connectivity index (χ1n) is 23.8. The highest BCUT2D eigenvalue weighted by Crippen LogP contribution is 2.44. The molecule has 1 unspecified atom stereocenters.